The third kappa shape index (κ3) is 2.43. The van der Waals surface area contributed by atoms with E-state index >= 15 is 0 Å². The molecular formula is C11H14N4O. The van der Waals surface area contributed by atoms with Gasteiger partial charge in [0.05, 0.1) is 5.54 Å². The fraction of sp³-hybridized carbons (Fsp3) is 0.364. The molecule has 2 heterocycles. The number of nitrogens with two attached hydrogens (primary N) is 1. The van der Waals surface area contributed by atoms with Crippen molar-refractivity contribution in [1.82, 2.24) is 15.1 Å². The Kier molecular flexibility index (Phi) is 2.70. The molecule has 84 valence electrons. The Morgan fingerprint density at radius 2 is 2.00 bits per heavy atom. The van der Waals surface area contributed by atoms with Gasteiger partial charge in [0.15, 0.2) is 5.82 Å². The summed E-state index contributed by atoms with van der Waals surface area (Å²) in [6.07, 6.45) is 4.11. The van der Waals surface area contributed by atoms with Crippen LogP contribution in [0.15, 0.2) is 29.0 Å². The van der Waals surface area contributed by atoms with Crippen molar-refractivity contribution in [1.29, 1.82) is 0 Å². The molecule has 2 aromatic rings. The van der Waals surface area contributed by atoms with Gasteiger partial charge in [0.1, 0.15) is 0 Å². The summed E-state index contributed by atoms with van der Waals surface area (Å²) in [5.41, 5.74) is 6.36. The van der Waals surface area contributed by atoms with Gasteiger partial charge >= 0.3 is 0 Å². The van der Waals surface area contributed by atoms with Crippen LogP contribution in [0.5, 0.6) is 0 Å². The van der Waals surface area contributed by atoms with Gasteiger partial charge in [-0.05, 0) is 31.5 Å². The van der Waals surface area contributed by atoms with Crippen LogP contribution in [0.1, 0.15) is 31.1 Å². The van der Waals surface area contributed by atoms with Crippen molar-refractivity contribution < 1.29 is 4.52 Å². The van der Waals surface area contributed by atoms with Crippen LogP contribution in [-0.2, 0) is 12.0 Å². The predicted molar refractivity (Wildman–Crippen MR) is 58.6 cm³/mol. The normalized spacial score (nSPS) is 11.7. The zero-order valence-electron chi connectivity index (χ0n) is 9.34. The van der Waals surface area contributed by atoms with Gasteiger partial charge in [0, 0.05) is 18.8 Å². The Morgan fingerprint density at radius 3 is 2.56 bits per heavy atom. The maximum absolute atomic E-state index is 5.86. The molecule has 0 atom stereocenters. The molecule has 16 heavy (non-hydrogen) atoms. The minimum atomic E-state index is -0.594. The van der Waals surface area contributed by atoms with Gasteiger partial charge in [-0.3, -0.25) is 4.98 Å². The first kappa shape index (κ1) is 10.8. The van der Waals surface area contributed by atoms with E-state index in [9.17, 15) is 0 Å². The van der Waals surface area contributed by atoms with Crippen molar-refractivity contribution in [2.45, 2.75) is 25.8 Å². The van der Waals surface area contributed by atoms with Gasteiger partial charge < -0.3 is 10.3 Å². The van der Waals surface area contributed by atoms with Crippen molar-refractivity contribution in [3.8, 4) is 0 Å². The van der Waals surface area contributed by atoms with E-state index in [4.69, 9.17) is 10.3 Å². The zero-order chi connectivity index (χ0) is 11.6. The van der Waals surface area contributed by atoms with Crippen LogP contribution in [0.4, 0.5) is 0 Å². The summed E-state index contributed by atoms with van der Waals surface area (Å²) in [6, 6.07) is 3.84. The minimum absolute atomic E-state index is 0.455. The SMILES string of the molecule is CC(C)(N)c1nc(Cc2ccncc2)no1. The molecule has 5 nitrogen and oxygen atoms in total. The molecule has 2 N–H and O–H groups in total. The quantitative estimate of drug-likeness (QED) is 0.838. The Bertz CT molecular complexity index is 458. The smallest absolute Gasteiger partial charge is 0.246 e. The lowest BCUT2D eigenvalue weighted by Gasteiger charge is -2.10. The molecular weight excluding hydrogens is 204 g/mol. The Hall–Kier alpha value is -1.75. The lowest BCUT2D eigenvalue weighted by atomic mass is 10.1. The van der Waals surface area contributed by atoms with Crippen LogP contribution in [-0.4, -0.2) is 15.1 Å². The van der Waals surface area contributed by atoms with E-state index in [1.807, 2.05) is 26.0 Å². The van der Waals surface area contributed by atoms with Gasteiger partial charge in [0.25, 0.3) is 0 Å². The number of hydrogen-bond donors (Lipinski definition) is 1. The van der Waals surface area contributed by atoms with Crippen LogP contribution >= 0.6 is 0 Å². The monoisotopic (exact) mass is 218 g/mol. The molecule has 5 heteroatoms. The van der Waals surface area contributed by atoms with Gasteiger partial charge in [-0.2, -0.15) is 4.98 Å². The predicted octanol–water partition coefficient (Wildman–Crippen LogP) is 1.25. The lowest BCUT2D eigenvalue weighted by molar-refractivity contribution is 0.310. The molecule has 0 aromatic carbocycles. The van der Waals surface area contributed by atoms with Gasteiger partial charge in [-0.1, -0.05) is 5.16 Å². The van der Waals surface area contributed by atoms with Crippen LogP contribution in [0.25, 0.3) is 0 Å². The number of pyridine rings is 1. The van der Waals surface area contributed by atoms with E-state index in [2.05, 4.69) is 15.1 Å². The van der Waals surface area contributed by atoms with E-state index in [-0.39, 0.29) is 0 Å². The molecule has 0 aliphatic heterocycles. The summed E-state index contributed by atoms with van der Waals surface area (Å²) in [6.45, 7) is 3.66. The van der Waals surface area contributed by atoms with E-state index in [0.717, 1.165) is 5.56 Å². The summed E-state index contributed by atoms with van der Waals surface area (Å²) >= 11 is 0. The van der Waals surface area contributed by atoms with Crippen molar-refractivity contribution in [2.75, 3.05) is 0 Å². The first-order valence-electron chi connectivity index (χ1n) is 5.06. The van der Waals surface area contributed by atoms with E-state index < -0.39 is 5.54 Å². The third-order valence-electron chi connectivity index (χ3n) is 2.13. The van der Waals surface area contributed by atoms with Gasteiger partial charge in [-0.15, -0.1) is 0 Å². The molecule has 0 bridgehead atoms. The summed E-state index contributed by atoms with van der Waals surface area (Å²) in [4.78, 5) is 8.20. The highest BCUT2D eigenvalue weighted by Crippen LogP contribution is 2.15. The Labute approximate surface area is 93.7 Å². The van der Waals surface area contributed by atoms with E-state index in [1.165, 1.54) is 0 Å². The summed E-state index contributed by atoms with van der Waals surface area (Å²) in [5, 5.41) is 3.89. The second kappa shape index (κ2) is 4.02. The first-order valence-corrected chi connectivity index (χ1v) is 5.06. The zero-order valence-corrected chi connectivity index (χ0v) is 9.34. The molecule has 0 aliphatic rings. The average Bonchev–Trinajstić information content (AvgIpc) is 2.67. The summed E-state index contributed by atoms with van der Waals surface area (Å²) in [5.74, 6) is 1.09. The Balaban J connectivity index is 2.15. The molecule has 0 aliphatic carbocycles. The molecule has 0 spiro atoms. The van der Waals surface area contributed by atoms with E-state index in [0.29, 0.717) is 18.1 Å². The summed E-state index contributed by atoms with van der Waals surface area (Å²) in [7, 11) is 0. The van der Waals surface area contributed by atoms with Crippen molar-refractivity contribution in [3.05, 3.63) is 41.8 Å². The largest absolute Gasteiger partial charge is 0.337 e. The molecule has 0 radical (unpaired) electrons. The third-order valence-corrected chi connectivity index (χ3v) is 2.13. The second-order valence-electron chi connectivity index (χ2n) is 4.27. The summed E-state index contributed by atoms with van der Waals surface area (Å²) < 4.78 is 5.10. The average molecular weight is 218 g/mol. The topological polar surface area (TPSA) is 77.8 Å². The minimum Gasteiger partial charge on any atom is -0.337 e. The highest BCUT2D eigenvalue weighted by Gasteiger charge is 2.22. The van der Waals surface area contributed by atoms with Crippen molar-refractivity contribution in [3.63, 3.8) is 0 Å². The van der Waals surface area contributed by atoms with Crippen molar-refractivity contribution >= 4 is 0 Å². The second-order valence-corrected chi connectivity index (χ2v) is 4.27. The van der Waals surface area contributed by atoms with Crippen LogP contribution in [0, 0.1) is 0 Å². The number of aromatic nitrogens is 3. The molecule has 2 aromatic heterocycles. The molecule has 0 saturated carbocycles. The van der Waals surface area contributed by atoms with Crippen LogP contribution < -0.4 is 5.73 Å². The molecule has 0 saturated heterocycles. The molecule has 0 unspecified atom stereocenters. The first-order chi connectivity index (χ1) is 7.55. The number of nitrogens with zero attached hydrogens (tertiary/aromatic N) is 3. The van der Waals surface area contributed by atoms with Gasteiger partial charge in [0.2, 0.25) is 5.89 Å². The number of rotatable bonds is 3. The van der Waals surface area contributed by atoms with Crippen LogP contribution in [0.2, 0.25) is 0 Å². The van der Waals surface area contributed by atoms with E-state index in [1.54, 1.807) is 12.4 Å². The highest BCUT2D eigenvalue weighted by atomic mass is 16.5. The fourth-order valence-electron chi connectivity index (χ4n) is 1.27. The maximum atomic E-state index is 5.86. The standard InChI is InChI=1S/C11H14N4O/c1-11(2,12)10-14-9(15-16-10)7-8-3-5-13-6-4-8/h3-6H,7,12H2,1-2H3. The molecule has 2 rings (SSSR count). The fourth-order valence-corrected chi connectivity index (χ4v) is 1.27. The Morgan fingerprint density at radius 1 is 1.31 bits per heavy atom. The molecule has 0 fully saturated rings. The highest BCUT2D eigenvalue weighted by molar-refractivity contribution is 5.15. The molecule has 0 amide bonds. The van der Waals surface area contributed by atoms with Crippen LogP contribution in [0.3, 0.4) is 0 Å². The maximum Gasteiger partial charge on any atom is 0.246 e. The van der Waals surface area contributed by atoms with Gasteiger partial charge in [-0.25, -0.2) is 0 Å². The lowest BCUT2D eigenvalue weighted by Crippen LogP contribution is -2.29. The number of hydrogen-bond acceptors (Lipinski definition) is 5. The van der Waals surface area contributed by atoms with Crippen molar-refractivity contribution in [2.24, 2.45) is 5.73 Å².